The normalized spacial score (nSPS) is 19.3. The molecule has 1 N–H and O–H groups in total. The summed E-state index contributed by atoms with van der Waals surface area (Å²) in [5.41, 5.74) is 0. The van der Waals surface area contributed by atoms with E-state index in [0.717, 1.165) is 30.0 Å². The van der Waals surface area contributed by atoms with Gasteiger partial charge in [0.15, 0.2) is 11.0 Å². The number of likely N-dealkylation sites (tertiary alicyclic amines) is 1. The number of aromatic nitrogens is 2. The fourth-order valence-corrected chi connectivity index (χ4v) is 2.47. The van der Waals surface area contributed by atoms with Crippen molar-refractivity contribution in [3.63, 3.8) is 0 Å². The quantitative estimate of drug-likeness (QED) is 0.885. The van der Waals surface area contributed by atoms with Gasteiger partial charge in [-0.1, -0.05) is 11.6 Å². The van der Waals surface area contributed by atoms with Gasteiger partial charge in [-0.25, -0.2) is 0 Å². The Morgan fingerprint density at radius 2 is 2.20 bits per heavy atom. The van der Waals surface area contributed by atoms with Crippen molar-refractivity contribution >= 4 is 29.1 Å². The molecule has 84 valence electrons. The van der Waals surface area contributed by atoms with Crippen LogP contribution in [0.15, 0.2) is 0 Å². The van der Waals surface area contributed by atoms with Crippen LogP contribution in [0, 0.1) is 5.92 Å². The maximum absolute atomic E-state index is 5.85. The number of halogens is 1. The van der Waals surface area contributed by atoms with Gasteiger partial charge in [0.05, 0.1) is 11.7 Å². The second-order valence-electron chi connectivity index (χ2n) is 4.03. The predicted octanol–water partition coefficient (Wildman–Crippen LogP) is 1.95. The summed E-state index contributed by atoms with van der Waals surface area (Å²) in [5.74, 6) is 1.47. The molecule has 2 rings (SSSR count). The molecule has 0 amide bonds. The lowest BCUT2D eigenvalue weighted by atomic mass is 9.97. The van der Waals surface area contributed by atoms with Crippen molar-refractivity contribution < 1.29 is 0 Å². The zero-order valence-electron chi connectivity index (χ0n) is 8.74. The Labute approximate surface area is 99.0 Å². The lowest BCUT2D eigenvalue weighted by Crippen LogP contribution is -2.33. The minimum atomic E-state index is 0.493. The molecule has 1 saturated heterocycles. The highest BCUT2D eigenvalue weighted by Gasteiger charge is 2.17. The SMILES string of the molecule is CN1CCC(CNc2nsnc2Cl)CC1. The molecule has 6 heteroatoms. The van der Waals surface area contributed by atoms with Crippen molar-refractivity contribution in [1.29, 1.82) is 0 Å². The van der Waals surface area contributed by atoms with Crippen LogP contribution in [-0.2, 0) is 0 Å². The Kier molecular flexibility index (Phi) is 3.77. The Hall–Kier alpha value is -0.390. The van der Waals surface area contributed by atoms with E-state index < -0.39 is 0 Å². The van der Waals surface area contributed by atoms with Crippen LogP contribution < -0.4 is 5.32 Å². The van der Waals surface area contributed by atoms with E-state index >= 15 is 0 Å². The molecule has 0 saturated carbocycles. The van der Waals surface area contributed by atoms with Gasteiger partial charge in [-0.2, -0.15) is 8.75 Å². The fraction of sp³-hybridized carbons (Fsp3) is 0.778. The third-order valence-electron chi connectivity index (χ3n) is 2.84. The molecule has 2 heterocycles. The van der Waals surface area contributed by atoms with Gasteiger partial charge < -0.3 is 10.2 Å². The Balaban J connectivity index is 1.77. The second kappa shape index (κ2) is 5.09. The molecule has 0 spiro atoms. The maximum Gasteiger partial charge on any atom is 0.186 e. The van der Waals surface area contributed by atoms with Crippen molar-refractivity contribution in [3.05, 3.63) is 5.15 Å². The van der Waals surface area contributed by atoms with Crippen molar-refractivity contribution in [2.75, 3.05) is 32.0 Å². The molecule has 0 aromatic carbocycles. The molecule has 1 aliphatic rings. The van der Waals surface area contributed by atoms with E-state index in [1.165, 1.54) is 25.9 Å². The number of piperidine rings is 1. The summed E-state index contributed by atoms with van der Waals surface area (Å²) in [5, 5.41) is 3.76. The van der Waals surface area contributed by atoms with Gasteiger partial charge in [-0.3, -0.25) is 0 Å². The zero-order valence-corrected chi connectivity index (χ0v) is 10.3. The van der Waals surface area contributed by atoms with Crippen molar-refractivity contribution in [2.45, 2.75) is 12.8 Å². The summed E-state index contributed by atoms with van der Waals surface area (Å²) in [6.45, 7) is 3.34. The van der Waals surface area contributed by atoms with Gasteiger partial charge in [-0.05, 0) is 38.9 Å². The average molecular weight is 247 g/mol. The summed E-state index contributed by atoms with van der Waals surface area (Å²) < 4.78 is 8.01. The molecule has 0 radical (unpaired) electrons. The highest BCUT2D eigenvalue weighted by molar-refractivity contribution is 6.99. The summed E-state index contributed by atoms with van der Waals surface area (Å²) in [6, 6.07) is 0. The van der Waals surface area contributed by atoms with Gasteiger partial charge >= 0.3 is 0 Å². The number of nitrogens with zero attached hydrogens (tertiary/aromatic N) is 3. The Morgan fingerprint density at radius 3 is 2.80 bits per heavy atom. The van der Waals surface area contributed by atoms with E-state index in [1.54, 1.807) is 0 Å². The fourth-order valence-electron chi connectivity index (χ4n) is 1.79. The lowest BCUT2D eigenvalue weighted by Gasteiger charge is -2.28. The summed E-state index contributed by atoms with van der Waals surface area (Å²) in [6.07, 6.45) is 2.50. The smallest absolute Gasteiger partial charge is 0.186 e. The van der Waals surface area contributed by atoms with Crippen LogP contribution in [0.25, 0.3) is 0 Å². The number of anilines is 1. The second-order valence-corrected chi connectivity index (χ2v) is 4.92. The van der Waals surface area contributed by atoms with Gasteiger partial charge in [0.25, 0.3) is 0 Å². The maximum atomic E-state index is 5.85. The molecule has 4 nitrogen and oxygen atoms in total. The first-order chi connectivity index (χ1) is 7.25. The number of nitrogens with one attached hydrogen (secondary N) is 1. The van der Waals surface area contributed by atoms with E-state index in [0.29, 0.717) is 5.15 Å². The largest absolute Gasteiger partial charge is 0.366 e. The van der Waals surface area contributed by atoms with Crippen LogP contribution in [0.2, 0.25) is 5.15 Å². The molecule has 1 aliphatic heterocycles. The number of hydrogen-bond donors (Lipinski definition) is 1. The number of hydrogen-bond acceptors (Lipinski definition) is 5. The standard InChI is InChI=1S/C9H15ClN4S/c1-14-4-2-7(3-5-14)6-11-9-8(10)12-15-13-9/h7H,2-6H2,1H3,(H,11,13). The molecule has 1 fully saturated rings. The zero-order chi connectivity index (χ0) is 10.7. The molecule has 0 aliphatic carbocycles. The summed E-state index contributed by atoms with van der Waals surface area (Å²) in [4.78, 5) is 2.37. The molecule has 0 atom stereocenters. The van der Waals surface area contributed by atoms with Crippen molar-refractivity contribution in [2.24, 2.45) is 5.92 Å². The number of rotatable bonds is 3. The highest BCUT2D eigenvalue weighted by Crippen LogP contribution is 2.20. The molecule has 1 aromatic rings. The summed E-state index contributed by atoms with van der Waals surface area (Å²) in [7, 11) is 2.17. The van der Waals surface area contributed by atoms with E-state index in [4.69, 9.17) is 11.6 Å². The van der Waals surface area contributed by atoms with Gasteiger partial charge in [0.1, 0.15) is 0 Å². The van der Waals surface area contributed by atoms with Crippen molar-refractivity contribution in [1.82, 2.24) is 13.6 Å². The monoisotopic (exact) mass is 246 g/mol. The molecular weight excluding hydrogens is 232 g/mol. The van der Waals surface area contributed by atoms with Crippen LogP contribution >= 0.6 is 23.3 Å². The molecule has 0 bridgehead atoms. The minimum Gasteiger partial charge on any atom is -0.366 e. The highest BCUT2D eigenvalue weighted by atomic mass is 35.5. The van der Waals surface area contributed by atoms with Gasteiger partial charge in [-0.15, -0.1) is 0 Å². The van der Waals surface area contributed by atoms with Gasteiger partial charge in [0.2, 0.25) is 0 Å². The molecular formula is C9H15ClN4S. The Bertz CT molecular complexity index is 309. The van der Waals surface area contributed by atoms with Crippen LogP contribution in [-0.4, -0.2) is 40.3 Å². The van der Waals surface area contributed by atoms with Crippen molar-refractivity contribution in [3.8, 4) is 0 Å². The third-order valence-corrected chi connectivity index (χ3v) is 3.74. The molecule has 1 aromatic heterocycles. The first-order valence-electron chi connectivity index (χ1n) is 5.16. The third kappa shape index (κ3) is 3.03. The first-order valence-corrected chi connectivity index (χ1v) is 6.27. The van der Waals surface area contributed by atoms with Crippen LogP contribution in [0.3, 0.4) is 0 Å². The topological polar surface area (TPSA) is 41.0 Å². The van der Waals surface area contributed by atoms with Gasteiger partial charge in [0, 0.05) is 6.54 Å². The van der Waals surface area contributed by atoms with E-state index in [-0.39, 0.29) is 0 Å². The Morgan fingerprint density at radius 1 is 1.47 bits per heavy atom. The predicted molar refractivity (Wildman–Crippen MR) is 63.6 cm³/mol. The van der Waals surface area contributed by atoms with Crippen LogP contribution in [0.1, 0.15) is 12.8 Å². The minimum absolute atomic E-state index is 0.493. The van der Waals surface area contributed by atoms with Crippen LogP contribution in [0.4, 0.5) is 5.82 Å². The van der Waals surface area contributed by atoms with E-state index in [9.17, 15) is 0 Å². The van der Waals surface area contributed by atoms with E-state index in [2.05, 4.69) is 26.0 Å². The van der Waals surface area contributed by atoms with Crippen LogP contribution in [0.5, 0.6) is 0 Å². The lowest BCUT2D eigenvalue weighted by molar-refractivity contribution is 0.226. The van der Waals surface area contributed by atoms with E-state index in [1.807, 2.05) is 0 Å². The first kappa shape index (κ1) is 11.1. The molecule has 15 heavy (non-hydrogen) atoms. The summed E-state index contributed by atoms with van der Waals surface area (Å²) >= 11 is 7.00. The average Bonchev–Trinajstić information content (AvgIpc) is 2.63. The molecule has 0 unspecified atom stereocenters.